The Morgan fingerprint density at radius 2 is 1.75 bits per heavy atom. The summed E-state index contributed by atoms with van der Waals surface area (Å²) in [6.45, 7) is 2.99. The lowest BCUT2D eigenvalue weighted by molar-refractivity contribution is 0.509. The van der Waals surface area contributed by atoms with Gasteiger partial charge in [-0.25, -0.2) is 8.78 Å². The summed E-state index contributed by atoms with van der Waals surface area (Å²) in [6, 6.07) is 3.62. The molecule has 0 bridgehead atoms. The van der Waals surface area contributed by atoms with Crippen LogP contribution in [0, 0.1) is 11.6 Å². The maximum Gasteiger partial charge on any atom is 0.170 e. The molecular weight excluding hydrogens is 278 g/mol. The molecule has 0 atom stereocenters. The van der Waals surface area contributed by atoms with Crippen LogP contribution in [0.15, 0.2) is 18.2 Å². The van der Waals surface area contributed by atoms with Gasteiger partial charge in [-0.15, -0.1) is 0 Å². The van der Waals surface area contributed by atoms with Crippen molar-refractivity contribution in [3.8, 4) is 0 Å². The first-order valence-electron chi connectivity index (χ1n) is 7.13. The van der Waals surface area contributed by atoms with Crippen molar-refractivity contribution >= 4 is 23.0 Å². The highest BCUT2D eigenvalue weighted by Crippen LogP contribution is 2.12. The van der Waals surface area contributed by atoms with E-state index in [2.05, 4.69) is 17.6 Å². The zero-order valence-electron chi connectivity index (χ0n) is 11.8. The highest BCUT2D eigenvalue weighted by molar-refractivity contribution is 7.80. The lowest BCUT2D eigenvalue weighted by Gasteiger charge is -2.10. The molecule has 2 N–H and O–H groups in total. The predicted molar refractivity (Wildman–Crippen MR) is 84.0 cm³/mol. The molecule has 20 heavy (non-hydrogen) atoms. The first-order valence-corrected chi connectivity index (χ1v) is 7.54. The number of unbranched alkanes of at least 4 members (excludes halogenated alkanes) is 5. The Morgan fingerprint density at radius 1 is 1.05 bits per heavy atom. The molecule has 2 nitrogen and oxygen atoms in total. The second-order valence-electron chi connectivity index (χ2n) is 4.78. The number of nitrogens with one attached hydrogen (secondary N) is 2. The second-order valence-corrected chi connectivity index (χ2v) is 5.19. The van der Waals surface area contributed by atoms with Gasteiger partial charge in [0.05, 0.1) is 0 Å². The number of hydrogen-bond donors (Lipinski definition) is 2. The van der Waals surface area contributed by atoms with Gasteiger partial charge in [0.2, 0.25) is 0 Å². The molecule has 0 heterocycles. The van der Waals surface area contributed by atoms with Crippen LogP contribution in [0.3, 0.4) is 0 Å². The molecule has 0 aliphatic rings. The minimum Gasteiger partial charge on any atom is -0.362 e. The zero-order chi connectivity index (χ0) is 14.8. The van der Waals surface area contributed by atoms with E-state index in [9.17, 15) is 8.78 Å². The van der Waals surface area contributed by atoms with Crippen LogP contribution in [-0.2, 0) is 0 Å². The summed E-state index contributed by atoms with van der Waals surface area (Å²) in [7, 11) is 0. The predicted octanol–water partition coefficient (Wildman–Crippen LogP) is 4.61. The Bertz CT molecular complexity index is 424. The molecule has 0 aromatic heterocycles. The number of thiocarbonyl (C=S) groups is 1. The Morgan fingerprint density at radius 3 is 2.45 bits per heavy atom. The van der Waals surface area contributed by atoms with Gasteiger partial charge in [-0.3, -0.25) is 0 Å². The quantitative estimate of drug-likeness (QED) is 0.541. The fourth-order valence-electron chi connectivity index (χ4n) is 1.86. The lowest BCUT2D eigenvalue weighted by atomic mass is 10.1. The van der Waals surface area contributed by atoms with Gasteiger partial charge in [0.25, 0.3) is 0 Å². The first-order chi connectivity index (χ1) is 9.63. The molecule has 0 unspecified atom stereocenters. The van der Waals surface area contributed by atoms with Crippen molar-refractivity contribution in [2.45, 2.75) is 45.4 Å². The number of halogens is 2. The van der Waals surface area contributed by atoms with Crippen molar-refractivity contribution in [3.63, 3.8) is 0 Å². The van der Waals surface area contributed by atoms with E-state index in [0.717, 1.165) is 25.1 Å². The zero-order valence-corrected chi connectivity index (χ0v) is 12.7. The Labute approximate surface area is 125 Å². The average Bonchev–Trinajstić information content (AvgIpc) is 2.42. The van der Waals surface area contributed by atoms with E-state index in [4.69, 9.17) is 12.2 Å². The Kier molecular flexibility index (Phi) is 8.11. The van der Waals surface area contributed by atoms with Gasteiger partial charge in [0.1, 0.15) is 0 Å². The maximum absolute atomic E-state index is 13.0. The van der Waals surface area contributed by atoms with Crippen molar-refractivity contribution in [2.24, 2.45) is 0 Å². The highest BCUT2D eigenvalue weighted by Gasteiger charge is 2.03. The molecule has 1 rings (SSSR count). The summed E-state index contributed by atoms with van der Waals surface area (Å²) in [4.78, 5) is 0. The molecular formula is C15H22F2N2S. The van der Waals surface area contributed by atoms with E-state index in [1.54, 1.807) is 0 Å². The van der Waals surface area contributed by atoms with E-state index in [0.29, 0.717) is 10.8 Å². The van der Waals surface area contributed by atoms with E-state index < -0.39 is 11.6 Å². The highest BCUT2D eigenvalue weighted by atomic mass is 32.1. The maximum atomic E-state index is 13.0. The summed E-state index contributed by atoms with van der Waals surface area (Å²) in [5, 5.41) is 6.33. The van der Waals surface area contributed by atoms with Crippen molar-refractivity contribution in [2.75, 3.05) is 11.9 Å². The lowest BCUT2D eigenvalue weighted by Crippen LogP contribution is -2.29. The van der Waals surface area contributed by atoms with Crippen LogP contribution < -0.4 is 10.6 Å². The van der Waals surface area contributed by atoms with Gasteiger partial charge < -0.3 is 10.6 Å². The van der Waals surface area contributed by atoms with Crippen molar-refractivity contribution < 1.29 is 8.78 Å². The molecule has 0 fully saturated rings. The number of rotatable bonds is 8. The smallest absolute Gasteiger partial charge is 0.170 e. The number of benzene rings is 1. The van der Waals surface area contributed by atoms with E-state index in [1.807, 2.05) is 0 Å². The fraction of sp³-hybridized carbons (Fsp3) is 0.533. The normalized spacial score (nSPS) is 10.3. The summed E-state index contributed by atoms with van der Waals surface area (Å²) >= 11 is 5.09. The third-order valence-corrected chi connectivity index (χ3v) is 3.24. The topological polar surface area (TPSA) is 24.1 Å². The second kappa shape index (κ2) is 9.64. The Balaban J connectivity index is 2.15. The molecule has 1 aromatic carbocycles. The van der Waals surface area contributed by atoms with Crippen LogP contribution in [0.5, 0.6) is 0 Å². The summed E-state index contributed by atoms with van der Waals surface area (Å²) in [5.41, 5.74) is 0.448. The van der Waals surface area contributed by atoms with Crippen molar-refractivity contribution in [1.29, 1.82) is 0 Å². The summed E-state index contributed by atoms with van der Waals surface area (Å²) in [5.74, 6) is -1.74. The van der Waals surface area contributed by atoms with E-state index in [1.165, 1.54) is 38.2 Å². The van der Waals surface area contributed by atoms with Crippen LogP contribution >= 0.6 is 12.2 Å². The first kappa shape index (κ1) is 16.8. The van der Waals surface area contributed by atoms with Gasteiger partial charge in [-0.05, 0) is 30.8 Å². The molecule has 0 aliphatic carbocycles. The van der Waals surface area contributed by atoms with Gasteiger partial charge >= 0.3 is 0 Å². The van der Waals surface area contributed by atoms with Gasteiger partial charge in [0.15, 0.2) is 16.7 Å². The minimum atomic E-state index is -0.881. The minimum absolute atomic E-state index is 0.435. The molecule has 5 heteroatoms. The van der Waals surface area contributed by atoms with Gasteiger partial charge in [0, 0.05) is 18.3 Å². The van der Waals surface area contributed by atoms with Crippen LogP contribution in [0.1, 0.15) is 45.4 Å². The van der Waals surface area contributed by atoms with Crippen LogP contribution in [0.4, 0.5) is 14.5 Å². The molecule has 0 saturated carbocycles. The van der Waals surface area contributed by atoms with Crippen molar-refractivity contribution in [1.82, 2.24) is 5.32 Å². The Hall–Kier alpha value is -1.23. The molecule has 0 radical (unpaired) electrons. The third-order valence-electron chi connectivity index (χ3n) is 2.99. The molecule has 112 valence electrons. The largest absolute Gasteiger partial charge is 0.362 e. The molecule has 0 saturated heterocycles. The molecule has 1 aromatic rings. The van der Waals surface area contributed by atoms with Crippen molar-refractivity contribution in [3.05, 3.63) is 29.8 Å². The van der Waals surface area contributed by atoms with E-state index >= 15 is 0 Å². The fourth-order valence-corrected chi connectivity index (χ4v) is 2.08. The summed E-state index contributed by atoms with van der Waals surface area (Å²) < 4.78 is 25.8. The third kappa shape index (κ3) is 6.80. The van der Waals surface area contributed by atoms with Gasteiger partial charge in [-0.1, -0.05) is 39.0 Å². The molecule has 0 spiro atoms. The standard InChI is InChI=1S/C15H22F2N2S/c1-2-3-4-5-6-7-10-18-15(20)19-12-8-9-13(16)14(17)11-12/h8-9,11H,2-7,10H2,1H3,(H2,18,19,20). The SMILES string of the molecule is CCCCCCCCNC(=S)Nc1ccc(F)c(F)c1. The number of anilines is 1. The van der Waals surface area contributed by atoms with E-state index in [-0.39, 0.29) is 0 Å². The monoisotopic (exact) mass is 300 g/mol. The molecule has 0 amide bonds. The van der Waals surface area contributed by atoms with Crippen LogP contribution in [-0.4, -0.2) is 11.7 Å². The van der Waals surface area contributed by atoms with Gasteiger partial charge in [-0.2, -0.15) is 0 Å². The number of hydrogen-bond acceptors (Lipinski definition) is 1. The van der Waals surface area contributed by atoms with Crippen LogP contribution in [0.2, 0.25) is 0 Å². The average molecular weight is 300 g/mol. The van der Waals surface area contributed by atoms with Crippen LogP contribution in [0.25, 0.3) is 0 Å². The summed E-state index contributed by atoms with van der Waals surface area (Å²) in [6.07, 6.45) is 7.32. The molecule has 0 aliphatic heterocycles.